The van der Waals surface area contributed by atoms with Gasteiger partial charge in [0.2, 0.25) is 0 Å². The first kappa shape index (κ1) is 16.0. The van der Waals surface area contributed by atoms with E-state index in [4.69, 9.17) is 0 Å². The van der Waals surface area contributed by atoms with Crippen LogP contribution in [0, 0.1) is 0 Å². The van der Waals surface area contributed by atoms with Crippen molar-refractivity contribution in [3.05, 3.63) is 35.9 Å². The van der Waals surface area contributed by atoms with Gasteiger partial charge in [-0.1, -0.05) is 37.3 Å². The highest BCUT2D eigenvalue weighted by Gasteiger charge is 2.40. The number of carboxylic acids is 1. The van der Waals surface area contributed by atoms with Crippen molar-refractivity contribution in [1.29, 1.82) is 0 Å². The van der Waals surface area contributed by atoms with Gasteiger partial charge in [0.05, 0.1) is 0 Å². The number of carboxylic acid groups (broad SMARTS) is 1. The van der Waals surface area contributed by atoms with Crippen molar-refractivity contribution in [2.75, 3.05) is 19.6 Å². The number of aliphatic carboxylic acids is 1. The lowest BCUT2D eigenvalue weighted by Gasteiger charge is -2.33. The Kier molecular flexibility index (Phi) is 5.37. The molecule has 4 heteroatoms. The number of likely N-dealkylation sites (N-methyl/N-ethyl adjacent to an activating group) is 1. The fraction of sp³-hybridized carbons (Fsp3) is 0.588. The maximum absolute atomic E-state index is 12.0. The molecule has 0 amide bonds. The molecule has 0 spiro atoms. The van der Waals surface area contributed by atoms with E-state index >= 15 is 0 Å². The highest BCUT2D eigenvalue weighted by atomic mass is 16.4. The van der Waals surface area contributed by atoms with E-state index in [2.05, 4.69) is 17.1 Å². The van der Waals surface area contributed by atoms with Gasteiger partial charge in [0.25, 0.3) is 0 Å². The monoisotopic (exact) mass is 290 g/mol. The van der Waals surface area contributed by atoms with Gasteiger partial charge < -0.3 is 10.0 Å². The van der Waals surface area contributed by atoms with Gasteiger partial charge in [0, 0.05) is 12.6 Å². The van der Waals surface area contributed by atoms with Gasteiger partial charge in [0.1, 0.15) is 5.54 Å². The van der Waals surface area contributed by atoms with Crippen molar-refractivity contribution < 1.29 is 9.90 Å². The number of likely N-dealkylation sites (tertiary alicyclic amines) is 1. The molecule has 1 saturated heterocycles. The van der Waals surface area contributed by atoms with E-state index in [1.165, 1.54) is 12.8 Å². The number of nitrogens with one attached hydrogen (secondary N) is 1. The van der Waals surface area contributed by atoms with Gasteiger partial charge in [-0.05, 0) is 44.8 Å². The Morgan fingerprint density at radius 2 is 2.14 bits per heavy atom. The summed E-state index contributed by atoms with van der Waals surface area (Å²) in [5.74, 6) is -0.789. The van der Waals surface area contributed by atoms with E-state index in [1.54, 1.807) is 0 Å². The fourth-order valence-corrected chi connectivity index (χ4v) is 3.30. The maximum atomic E-state index is 12.0. The molecule has 21 heavy (non-hydrogen) atoms. The second-order valence-electron chi connectivity index (χ2n) is 5.88. The lowest BCUT2D eigenvalue weighted by Crippen LogP contribution is -2.51. The molecule has 0 bridgehead atoms. The summed E-state index contributed by atoms with van der Waals surface area (Å²) in [6.07, 6.45) is 3.02. The van der Waals surface area contributed by atoms with Crippen LogP contribution in [0.25, 0.3) is 0 Å². The molecule has 1 fully saturated rings. The summed E-state index contributed by atoms with van der Waals surface area (Å²) in [6.45, 7) is 6.72. The van der Waals surface area contributed by atoms with Crippen LogP contribution in [0.1, 0.15) is 38.7 Å². The van der Waals surface area contributed by atoms with Crippen molar-refractivity contribution in [2.24, 2.45) is 0 Å². The number of benzene rings is 1. The molecule has 2 atom stereocenters. The normalized spacial score (nSPS) is 22.1. The van der Waals surface area contributed by atoms with Crippen LogP contribution in [0.5, 0.6) is 0 Å². The van der Waals surface area contributed by atoms with Crippen molar-refractivity contribution in [3.63, 3.8) is 0 Å². The standard InChI is InChI=1S/C17H26N2O2/c1-3-18-17(16(20)21,15-9-5-4-6-10-15)11-13-19-12-7-8-14(19)2/h4-6,9-10,14,18H,3,7-8,11-13H2,1-2H3,(H,20,21). The van der Waals surface area contributed by atoms with Crippen LogP contribution in [0.4, 0.5) is 0 Å². The molecule has 0 aromatic heterocycles. The number of rotatable bonds is 7. The first-order valence-electron chi connectivity index (χ1n) is 7.88. The van der Waals surface area contributed by atoms with Gasteiger partial charge in [-0.15, -0.1) is 0 Å². The minimum absolute atomic E-state index is 0.564. The average molecular weight is 290 g/mol. The second-order valence-corrected chi connectivity index (χ2v) is 5.88. The van der Waals surface area contributed by atoms with Crippen LogP contribution in [0.2, 0.25) is 0 Å². The SMILES string of the molecule is CCNC(CCN1CCCC1C)(C(=O)O)c1ccccc1. The van der Waals surface area contributed by atoms with Crippen molar-refractivity contribution in [1.82, 2.24) is 10.2 Å². The lowest BCUT2D eigenvalue weighted by atomic mass is 9.86. The largest absolute Gasteiger partial charge is 0.480 e. The number of nitrogens with zero attached hydrogens (tertiary/aromatic N) is 1. The zero-order chi connectivity index (χ0) is 15.3. The van der Waals surface area contributed by atoms with Crippen molar-refractivity contribution in [3.8, 4) is 0 Å². The summed E-state index contributed by atoms with van der Waals surface area (Å²) in [7, 11) is 0. The molecule has 2 unspecified atom stereocenters. The molecule has 2 rings (SSSR count). The van der Waals surface area contributed by atoms with Crippen LogP contribution >= 0.6 is 0 Å². The van der Waals surface area contributed by atoms with E-state index in [0.717, 1.165) is 18.7 Å². The Balaban J connectivity index is 2.20. The van der Waals surface area contributed by atoms with E-state index < -0.39 is 11.5 Å². The van der Waals surface area contributed by atoms with Crippen LogP contribution in [0.3, 0.4) is 0 Å². The summed E-state index contributed by atoms with van der Waals surface area (Å²) in [5.41, 5.74) is -0.149. The quantitative estimate of drug-likeness (QED) is 0.810. The van der Waals surface area contributed by atoms with E-state index in [9.17, 15) is 9.90 Å². The van der Waals surface area contributed by atoms with E-state index in [0.29, 0.717) is 19.0 Å². The second kappa shape index (κ2) is 7.05. The van der Waals surface area contributed by atoms with Crippen LogP contribution in [-0.2, 0) is 10.3 Å². The van der Waals surface area contributed by atoms with Gasteiger partial charge in [-0.3, -0.25) is 5.32 Å². The molecular weight excluding hydrogens is 264 g/mol. The zero-order valence-corrected chi connectivity index (χ0v) is 13.0. The van der Waals surface area contributed by atoms with Crippen molar-refractivity contribution >= 4 is 5.97 Å². The molecule has 1 aliphatic rings. The van der Waals surface area contributed by atoms with Gasteiger partial charge in [-0.25, -0.2) is 4.79 Å². The van der Waals surface area contributed by atoms with E-state index in [1.807, 2.05) is 37.3 Å². The van der Waals surface area contributed by atoms with Gasteiger partial charge in [-0.2, -0.15) is 0 Å². The predicted molar refractivity (Wildman–Crippen MR) is 84.3 cm³/mol. The third-order valence-corrected chi connectivity index (χ3v) is 4.57. The molecule has 4 nitrogen and oxygen atoms in total. The summed E-state index contributed by atoms with van der Waals surface area (Å²) in [4.78, 5) is 14.4. The molecule has 1 heterocycles. The Hall–Kier alpha value is -1.39. The Labute approximate surface area is 127 Å². The Morgan fingerprint density at radius 3 is 2.67 bits per heavy atom. The van der Waals surface area contributed by atoms with Crippen molar-refractivity contribution in [2.45, 2.75) is 44.7 Å². The van der Waals surface area contributed by atoms with E-state index in [-0.39, 0.29) is 0 Å². The molecule has 1 aromatic rings. The van der Waals surface area contributed by atoms with Crippen LogP contribution in [0.15, 0.2) is 30.3 Å². The minimum Gasteiger partial charge on any atom is -0.480 e. The number of carbonyl (C=O) groups is 1. The van der Waals surface area contributed by atoms with Gasteiger partial charge >= 0.3 is 5.97 Å². The Morgan fingerprint density at radius 1 is 1.43 bits per heavy atom. The first-order valence-corrected chi connectivity index (χ1v) is 7.88. The molecule has 0 radical (unpaired) electrons. The maximum Gasteiger partial charge on any atom is 0.328 e. The molecule has 0 saturated carbocycles. The highest BCUT2D eigenvalue weighted by Crippen LogP contribution is 2.28. The molecule has 0 aliphatic carbocycles. The molecule has 116 valence electrons. The molecule has 2 N–H and O–H groups in total. The highest BCUT2D eigenvalue weighted by molar-refractivity contribution is 5.80. The first-order chi connectivity index (χ1) is 10.1. The molecule has 1 aromatic carbocycles. The predicted octanol–water partition coefficient (Wildman–Crippen LogP) is 2.45. The third kappa shape index (κ3) is 3.44. The fourth-order valence-electron chi connectivity index (χ4n) is 3.30. The lowest BCUT2D eigenvalue weighted by molar-refractivity contribution is -0.146. The molecular formula is C17H26N2O2. The molecule has 1 aliphatic heterocycles. The summed E-state index contributed by atoms with van der Waals surface area (Å²) in [5, 5.41) is 13.1. The van der Waals surface area contributed by atoms with Crippen LogP contribution in [-0.4, -0.2) is 41.7 Å². The van der Waals surface area contributed by atoms with Crippen LogP contribution < -0.4 is 5.32 Å². The topological polar surface area (TPSA) is 52.6 Å². The minimum atomic E-state index is -0.988. The summed E-state index contributed by atoms with van der Waals surface area (Å²) >= 11 is 0. The zero-order valence-electron chi connectivity index (χ0n) is 13.0. The number of hydrogen-bond donors (Lipinski definition) is 2. The summed E-state index contributed by atoms with van der Waals surface area (Å²) < 4.78 is 0. The third-order valence-electron chi connectivity index (χ3n) is 4.57. The smallest absolute Gasteiger partial charge is 0.328 e. The average Bonchev–Trinajstić information content (AvgIpc) is 2.89. The Bertz CT molecular complexity index is 463. The summed E-state index contributed by atoms with van der Waals surface area (Å²) in [6, 6.07) is 10.1. The van der Waals surface area contributed by atoms with Gasteiger partial charge in [0.15, 0.2) is 0 Å². The number of hydrogen-bond acceptors (Lipinski definition) is 3.